The van der Waals surface area contributed by atoms with Gasteiger partial charge in [-0.05, 0) is 24.3 Å². The average Bonchev–Trinajstić information content (AvgIpc) is 2.19. The van der Waals surface area contributed by atoms with Crippen molar-refractivity contribution in [1.29, 1.82) is 0 Å². The zero-order valence-corrected chi connectivity index (χ0v) is 10.8. The van der Waals surface area contributed by atoms with Gasteiger partial charge in [0.25, 0.3) is 0 Å². The summed E-state index contributed by atoms with van der Waals surface area (Å²) in [5.74, 6) is -0.0823. The highest BCUT2D eigenvalue weighted by molar-refractivity contribution is 7.90. The molecule has 0 fully saturated rings. The number of halogens is 1. The number of sulfone groups is 1. The van der Waals surface area contributed by atoms with E-state index in [0.717, 1.165) is 6.26 Å². The zero-order valence-electron chi connectivity index (χ0n) is 9.23. The minimum absolute atomic E-state index is 0.0816. The predicted molar refractivity (Wildman–Crippen MR) is 68.2 cm³/mol. The van der Waals surface area contributed by atoms with E-state index in [2.05, 4.69) is 10.6 Å². The first-order valence-electron chi connectivity index (χ1n) is 4.85. The number of carbonyl (C=O) groups excluding carboxylic acids is 1. The second kappa shape index (κ2) is 5.88. The smallest absolute Gasteiger partial charge is 0.319 e. The van der Waals surface area contributed by atoms with Gasteiger partial charge in [-0.25, -0.2) is 13.2 Å². The number of nitrogens with one attached hydrogen (secondary N) is 2. The summed E-state index contributed by atoms with van der Waals surface area (Å²) in [4.78, 5) is 11.3. The highest BCUT2D eigenvalue weighted by Crippen LogP contribution is 2.12. The van der Waals surface area contributed by atoms with Crippen LogP contribution in [0.4, 0.5) is 10.5 Å². The van der Waals surface area contributed by atoms with E-state index in [1.165, 1.54) is 0 Å². The zero-order chi connectivity index (χ0) is 12.9. The molecule has 1 rings (SSSR count). The Morgan fingerprint density at radius 2 is 1.88 bits per heavy atom. The topological polar surface area (TPSA) is 75.3 Å². The Hall–Kier alpha value is -1.27. The number of carbonyl (C=O) groups is 1. The van der Waals surface area contributed by atoms with Gasteiger partial charge >= 0.3 is 6.03 Å². The van der Waals surface area contributed by atoms with Crippen LogP contribution in [0.5, 0.6) is 0 Å². The Kier molecular flexibility index (Phi) is 4.77. The largest absolute Gasteiger partial charge is 0.337 e. The number of benzene rings is 1. The number of anilines is 1. The van der Waals surface area contributed by atoms with Gasteiger partial charge in [0.15, 0.2) is 0 Å². The van der Waals surface area contributed by atoms with Gasteiger partial charge in [-0.1, -0.05) is 11.6 Å². The molecule has 0 bridgehead atoms. The van der Waals surface area contributed by atoms with Crippen LogP contribution in [0.3, 0.4) is 0 Å². The van der Waals surface area contributed by atoms with Crippen molar-refractivity contribution >= 4 is 33.2 Å². The standard InChI is InChI=1S/C10H13ClN2O3S/c1-17(15,16)7-6-12-10(14)13-9-4-2-8(11)3-5-9/h2-5H,6-7H2,1H3,(H2,12,13,14). The fourth-order valence-electron chi connectivity index (χ4n) is 1.06. The Morgan fingerprint density at radius 1 is 1.29 bits per heavy atom. The van der Waals surface area contributed by atoms with Crippen LogP contribution in [0.25, 0.3) is 0 Å². The van der Waals surface area contributed by atoms with Crippen molar-refractivity contribution in [2.24, 2.45) is 0 Å². The molecule has 2 N–H and O–H groups in total. The lowest BCUT2D eigenvalue weighted by Crippen LogP contribution is -2.32. The number of urea groups is 1. The molecule has 0 radical (unpaired) electrons. The number of hydrogen-bond acceptors (Lipinski definition) is 3. The maximum atomic E-state index is 11.3. The van der Waals surface area contributed by atoms with Gasteiger partial charge in [-0.15, -0.1) is 0 Å². The van der Waals surface area contributed by atoms with E-state index < -0.39 is 15.9 Å². The molecule has 0 aliphatic heterocycles. The monoisotopic (exact) mass is 276 g/mol. The van der Waals surface area contributed by atoms with Crippen molar-refractivity contribution in [2.45, 2.75) is 0 Å². The minimum Gasteiger partial charge on any atom is -0.337 e. The van der Waals surface area contributed by atoms with E-state index in [4.69, 9.17) is 11.6 Å². The molecule has 2 amide bonds. The van der Waals surface area contributed by atoms with E-state index in [0.29, 0.717) is 10.7 Å². The first-order valence-corrected chi connectivity index (χ1v) is 7.29. The lowest BCUT2D eigenvalue weighted by molar-refractivity contribution is 0.252. The molecule has 0 aliphatic rings. The summed E-state index contributed by atoms with van der Waals surface area (Å²) < 4.78 is 21.6. The van der Waals surface area contributed by atoms with Crippen LogP contribution < -0.4 is 10.6 Å². The van der Waals surface area contributed by atoms with Crippen molar-refractivity contribution in [1.82, 2.24) is 5.32 Å². The molecule has 0 atom stereocenters. The summed E-state index contributed by atoms with van der Waals surface area (Å²) in [6.45, 7) is 0.0816. The van der Waals surface area contributed by atoms with Crippen molar-refractivity contribution in [3.63, 3.8) is 0 Å². The maximum absolute atomic E-state index is 11.3. The quantitative estimate of drug-likeness (QED) is 0.875. The van der Waals surface area contributed by atoms with E-state index in [1.807, 2.05) is 0 Å². The summed E-state index contributed by atoms with van der Waals surface area (Å²) in [5.41, 5.74) is 0.589. The second-order valence-electron chi connectivity index (χ2n) is 3.52. The molecular formula is C10H13ClN2O3S. The minimum atomic E-state index is -3.06. The SMILES string of the molecule is CS(=O)(=O)CCNC(=O)Nc1ccc(Cl)cc1. The third-order valence-electron chi connectivity index (χ3n) is 1.86. The molecule has 0 heterocycles. The Balaban J connectivity index is 2.37. The molecule has 94 valence electrons. The fourth-order valence-corrected chi connectivity index (χ4v) is 1.66. The first kappa shape index (κ1) is 13.8. The Bertz CT molecular complexity index is 485. The normalized spacial score (nSPS) is 10.9. The molecule has 0 saturated heterocycles. The highest BCUT2D eigenvalue weighted by Gasteiger charge is 2.04. The summed E-state index contributed by atoms with van der Waals surface area (Å²) in [6.07, 6.45) is 1.12. The summed E-state index contributed by atoms with van der Waals surface area (Å²) in [6, 6.07) is 6.15. The van der Waals surface area contributed by atoms with Crippen LogP contribution in [0, 0.1) is 0 Å². The van der Waals surface area contributed by atoms with Gasteiger partial charge in [-0.3, -0.25) is 0 Å². The van der Waals surface area contributed by atoms with Gasteiger partial charge in [0, 0.05) is 23.5 Å². The molecule has 0 unspecified atom stereocenters. The van der Waals surface area contributed by atoms with E-state index in [1.54, 1.807) is 24.3 Å². The molecular weight excluding hydrogens is 264 g/mol. The van der Waals surface area contributed by atoms with E-state index in [9.17, 15) is 13.2 Å². The van der Waals surface area contributed by atoms with E-state index in [-0.39, 0.29) is 12.3 Å². The van der Waals surface area contributed by atoms with Crippen LogP contribution in [-0.2, 0) is 9.84 Å². The lowest BCUT2D eigenvalue weighted by Gasteiger charge is -2.06. The van der Waals surface area contributed by atoms with Crippen LogP contribution in [0.2, 0.25) is 5.02 Å². The molecule has 0 saturated carbocycles. The van der Waals surface area contributed by atoms with Crippen molar-refractivity contribution in [3.8, 4) is 0 Å². The van der Waals surface area contributed by atoms with E-state index >= 15 is 0 Å². The third kappa shape index (κ3) is 6.13. The molecule has 0 aliphatic carbocycles. The van der Waals surface area contributed by atoms with Gasteiger partial charge in [0.2, 0.25) is 0 Å². The molecule has 0 spiro atoms. The van der Waals surface area contributed by atoms with Crippen molar-refractivity contribution in [3.05, 3.63) is 29.3 Å². The van der Waals surface area contributed by atoms with Gasteiger partial charge in [-0.2, -0.15) is 0 Å². The molecule has 17 heavy (non-hydrogen) atoms. The molecule has 5 nitrogen and oxygen atoms in total. The molecule has 7 heteroatoms. The number of amides is 2. The Labute approximate surface area is 105 Å². The molecule has 1 aromatic rings. The second-order valence-corrected chi connectivity index (χ2v) is 6.21. The Morgan fingerprint density at radius 3 is 2.41 bits per heavy atom. The third-order valence-corrected chi connectivity index (χ3v) is 3.06. The van der Waals surface area contributed by atoms with Gasteiger partial charge < -0.3 is 10.6 Å². The van der Waals surface area contributed by atoms with Crippen LogP contribution in [0.1, 0.15) is 0 Å². The van der Waals surface area contributed by atoms with Crippen LogP contribution in [0.15, 0.2) is 24.3 Å². The van der Waals surface area contributed by atoms with Gasteiger partial charge in [0.1, 0.15) is 9.84 Å². The predicted octanol–water partition coefficient (Wildman–Crippen LogP) is 1.51. The summed E-state index contributed by atoms with van der Waals surface area (Å²) in [7, 11) is -3.06. The first-order chi connectivity index (χ1) is 7.87. The number of rotatable bonds is 4. The lowest BCUT2D eigenvalue weighted by atomic mass is 10.3. The molecule has 0 aromatic heterocycles. The fraction of sp³-hybridized carbons (Fsp3) is 0.300. The summed E-state index contributed by atoms with van der Waals surface area (Å²) >= 11 is 5.69. The van der Waals surface area contributed by atoms with Crippen LogP contribution >= 0.6 is 11.6 Å². The van der Waals surface area contributed by atoms with Crippen molar-refractivity contribution < 1.29 is 13.2 Å². The highest BCUT2D eigenvalue weighted by atomic mass is 35.5. The van der Waals surface area contributed by atoms with Crippen LogP contribution in [-0.4, -0.2) is 33.0 Å². The van der Waals surface area contributed by atoms with Crippen molar-refractivity contribution in [2.75, 3.05) is 23.9 Å². The van der Waals surface area contributed by atoms with Gasteiger partial charge in [0.05, 0.1) is 5.75 Å². The average molecular weight is 277 g/mol. The number of hydrogen-bond donors (Lipinski definition) is 2. The maximum Gasteiger partial charge on any atom is 0.319 e. The summed E-state index contributed by atoms with van der Waals surface area (Å²) in [5, 5.41) is 5.57. The molecule has 1 aromatic carbocycles.